The lowest BCUT2D eigenvalue weighted by Gasteiger charge is -2.32. The molecule has 0 heterocycles. The number of alkyl carbamates (subject to hydrolysis) is 1. The lowest BCUT2D eigenvalue weighted by molar-refractivity contribution is -0.121. The molecule has 0 aromatic carbocycles. The minimum atomic E-state index is -0.472. The molecule has 0 aromatic rings. The van der Waals surface area contributed by atoms with Crippen molar-refractivity contribution in [1.29, 1.82) is 0 Å². The second-order valence-corrected chi connectivity index (χ2v) is 7.59. The summed E-state index contributed by atoms with van der Waals surface area (Å²) in [7, 11) is 0. The van der Waals surface area contributed by atoms with Crippen LogP contribution in [0.3, 0.4) is 0 Å². The number of rotatable bonds is 8. The number of nitrogens with one attached hydrogen (secondary N) is 3. The summed E-state index contributed by atoms with van der Waals surface area (Å²) in [5.41, 5.74) is -0.472. The van der Waals surface area contributed by atoms with E-state index in [-0.39, 0.29) is 12.0 Å². The molecule has 24 heavy (non-hydrogen) atoms. The average molecular weight is 341 g/mol. The van der Waals surface area contributed by atoms with Gasteiger partial charge < -0.3 is 20.7 Å². The summed E-state index contributed by atoms with van der Waals surface area (Å²) in [4.78, 5) is 23.5. The molecule has 0 spiro atoms. The highest BCUT2D eigenvalue weighted by atomic mass is 16.6. The summed E-state index contributed by atoms with van der Waals surface area (Å²) in [6.45, 7) is 9.68. The fraction of sp³-hybridized carbons (Fsp3) is 0.889. The third-order valence-corrected chi connectivity index (χ3v) is 4.15. The molecule has 1 rings (SSSR count). The third-order valence-electron chi connectivity index (χ3n) is 4.15. The van der Waals surface area contributed by atoms with Gasteiger partial charge in [-0.15, -0.1) is 0 Å². The van der Waals surface area contributed by atoms with Gasteiger partial charge in [-0.2, -0.15) is 0 Å². The molecular weight excluding hydrogens is 306 g/mol. The van der Waals surface area contributed by atoms with Gasteiger partial charge in [-0.05, 0) is 46.0 Å². The third kappa shape index (κ3) is 9.11. The Hall–Kier alpha value is -1.30. The monoisotopic (exact) mass is 341 g/mol. The molecule has 1 aliphatic rings. The highest BCUT2D eigenvalue weighted by molar-refractivity contribution is 5.76. The summed E-state index contributed by atoms with van der Waals surface area (Å²) in [5, 5.41) is 9.27. The Labute approximate surface area is 146 Å². The Morgan fingerprint density at radius 2 is 1.79 bits per heavy atom. The smallest absolute Gasteiger partial charge is 0.407 e. The van der Waals surface area contributed by atoms with Crippen LogP contribution in [0.25, 0.3) is 0 Å². The molecule has 2 atom stereocenters. The van der Waals surface area contributed by atoms with Gasteiger partial charge in [0.1, 0.15) is 5.60 Å². The lowest BCUT2D eigenvalue weighted by atomic mass is 9.84. The van der Waals surface area contributed by atoms with E-state index in [4.69, 9.17) is 4.74 Å². The number of hydrogen-bond donors (Lipinski definition) is 3. The topological polar surface area (TPSA) is 79.5 Å². The van der Waals surface area contributed by atoms with Crippen LogP contribution in [-0.2, 0) is 9.53 Å². The number of ether oxygens (including phenoxy) is 1. The van der Waals surface area contributed by atoms with E-state index in [1.54, 1.807) is 0 Å². The van der Waals surface area contributed by atoms with E-state index in [0.717, 1.165) is 25.8 Å². The first-order chi connectivity index (χ1) is 11.3. The van der Waals surface area contributed by atoms with Crippen LogP contribution in [0.5, 0.6) is 0 Å². The van der Waals surface area contributed by atoms with E-state index in [1.165, 1.54) is 12.8 Å². The van der Waals surface area contributed by atoms with Crippen LogP contribution < -0.4 is 16.0 Å². The van der Waals surface area contributed by atoms with Gasteiger partial charge >= 0.3 is 6.09 Å². The molecule has 0 aliphatic heterocycles. The van der Waals surface area contributed by atoms with E-state index < -0.39 is 5.60 Å². The second-order valence-electron chi connectivity index (χ2n) is 7.59. The van der Waals surface area contributed by atoms with Crippen molar-refractivity contribution in [1.82, 2.24) is 16.0 Å². The normalized spacial score (nSPS) is 21.2. The maximum atomic E-state index is 11.8. The van der Waals surface area contributed by atoms with Crippen molar-refractivity contribution in [2.45, 2.75) is 77.9 Å². The van der Waals surface area contributed by atoms with Gasteiger partial charge in [0, 0.05) is 32.1 Å². The average Bonchev–Trinajstić information content (AvgIpc) is 2.50. The molecule has 2 unspecified atom stereocenters. The molecule has 0 bridgehead atoms. The van der Waals surface area contributed by atoms with Crippen molar-refractivity contribution < 1.29 is 14.3 Å². The molecule has 2 amide bonds. The van der Waals surface area contributed by atoms with Gasteiger partial charge in [0.2, 0.25) is 5.91 Å². The Morgan fingerprint density at radius 3 is 2.46 bits per heavy atom. The van der Waals surface area contributed by atoms with Gasteiger partial charge in [0.05, 0.1) is 0 Å². The van der Waals surface area contributed by atoms with Crippen molar-refractivity contribution in [2.75, 3.05) is 19.6 Å². The van der Waals surface area contributed by atoms with Crippen LogP contribution in [0.2, 0.25) is 0 Å². The van der Waals surface area contributed by atoms with E-state index in [9.17, 15) is 9.59 Å². The number of carbonyl (C=O) groups excluding carboxylic acids is 2. The van der Waals surface area contributed by atoms with Crippen molar-refractivity contribution in [3.05, 3.63) is 0 Å². The summed E-state index contributed by atoms with van der Waals surface area (Å²) >= 11 is 0. The van der Waals surface area contributed by atoms with E-state index >= 15 is 0 Å². The molecule has 0 aromatic heterocycles. The molecule has 1 aliphatic carbocycles. The molecule has 6 heteroatoms. The minimum Gasteiger partial charge on any atom is -0.444 e. The Bertz CT molecular complexity index is 393. The maximum absolute atomic E-state index is 11.8. The van der Waals surface area contributed by atoms with Gasteiger partial charge in [-0.1, -0.05) is 19.8 Å². The lowest BCUT2D eigenvalue weighted by Crippen LogP contribution is -2.45. The predicted molar refractivity (Wildman–Crippen MR) is 95.9 cm³/mol. The molecule has 0 saturated heterocycles. The molecule has 140 valence electrons. The van der Waals surface area contributed by atoms with Crippen molar-refractivity contribution in [3.8, 4) is 0 Å². The van der Waals surface area contributed by atoms with Crippen LogP contribution in [0.15, 0.2) is 0 Å². The van der Waals surface area contributed by atoms with Crippen LogP contribution >= 0.6 is 0 Å². The largest absolute Gasteiger partial charge is 0.444 e. The Kier molecular flexibility index (Phi) is 9.11. The first-order valence-electron chi connectivity index (χ1n) is 9.28. The van der Waals surface area contributed by atoms with Crippen molar-refractivity contribution >= 4 is 12.0 Å². The zero-order valence-electron chi connectivity index (χ0n) is 15.7. The minimum absolute atomic E-state index is 0.101. The quantitative estimate of drug-likeness (QED) is 0.634. The van der Waals surface area contributed by atoms with Crippen molar-refractivity contribution in [3.63, 3.8) is 0 Å². The van der Waals surface area contributed by atoms with Gasteiger partial charge in [0.25, 0.3) is 0 Å². The number of carbonyl (C=O) groups is 2. The van der Waals surface area contributed by atoms with Crippen LogP contribution in [-0.4, -0.2) is 43.3 Å². The molecule has 1 saturated carbocycles. The van der Waals surface area contributed by atoms with Gasteiger partial charge in [-0.25, -0.2) is 4.79 Å². The maximum Gasteiger partial charge on any atom is 0.407 e. The van der Waals surface area contributed by atoms with Crippen LogP contribution in [0, 0.1) is 5.92 Å². The summed E-state index contributed by atoms with van der Waals surface area (Å²) in [5.74, 6) is 0.494. The highest BCUT2D eigenvalue weighted by Crippen LogP contribution is 2.24. The van der Waals surface area contributed by atoms with E-state index in [0.29, 0.717) is 31.5 Å². The summed E-state index contributed by atoms with van der Waals surface area (Å²) < 4.78 is 5.29. The number of amides is 2. The van der Waals surface area contributed by atoms with Gasteiger partial charge in [-0.3, -0.25) is 4.79 Å². The van der Waals surface area contributed by atoms with Crippen LogP contribution in [0.1, 0.15) is 66.2 Å². The Morgan fingerprint density at radius 1 is 1.08 bits per heavy atom. The van der Waals surface area contributed by atoms with Crippen LogP contribution in [0.4, 0.5) is 4.79 Å². The van der Waals surface area contributed by atoms with Gasteiger partial charge in [0.15, 0.2) is 0 Å². The standard InChI is InChI=1S/C18H35N3O3/c1-5-11-20-16(22)10-12-19-15-9-7-6-8-14(15)13-21-17(23)24-18(2,3)4/h14-15,19H,5-13H2,1-4H3,(H,20,22)(H,21,23). The SMILES string of the molecule is CCCNC(=O)CCNC1CCCCC1CNC(=O)OC(C)(C)C. The fourth-order valence-corrected chi connectivity index (χ4v) is 2.97. The second kappa shape index (κ2) is 10.5. The Balaban J connectivity index is 2.31. The molecule has 0 radical (unpaired) electrons. The molecular formula is C18H35N3O3. The first kappa shape index (κ1) is 20.7. The molecule has 3 N–H and O–H groups in total. The fourth-order valence-electron chi connectivity index (χ4n) is 2.97. The molecule has 6 nitrogen and oxygen atoms in total. The van der Waals surface area contributed by atoms with E-state index in [2.05, 4.69) is 16.0 Å². The summed E-state index contributed by atoms with van der Waals surface area (Å²) in [6.07, 6.45) is 5.68. The zero-order chi connectivity index (χ0) is 18.0. The predicted octanol–water partition coefficient (Wildman–Crippen LogP) is 2.58. The first-order valence-corrected chi connectivity index (χ1v) is 9.28. The number of hydrogen-bond acceptors (Lipinski definition) is 4. The van der Waals surface area contributed by atoms with Crippen molar-refractivity contribution in [2.24, 2.45) is 5.92 Å². The highest BCUT2D eigenvalue weighted by Gasteiger charge is 2.26. The zero-order valence-corrected chi connectivity index (χ0v) is 15.7. The van der Waals surface area contributed by atoms with E-state index in [1.807, 2.05) is 27.7 Å². The summed E-state index contributed by atoms with van der Waals surface area (Å²) in [6, 6.07) is 0.354. The molecule has 1 fully saturated rings.